The molecule has 72 heavy (non-hydrogen) atoms. The van der Waals surface area contributed by atoms with Crippen LogP contribution >= 0.6 is 0 Å². The lowest BCUT2D eigenvalue weighted by atomic mass is 9.47. The number of aliphatic hydroxyl groups excluding tert-OH is 12. The lowest BCUT2D eigenvalue weighted by Crippen LogP contribution is -2.64. The molecule has 0 amide bonds. The Morgan fingerprint density at radius 3 is 1.99 bits per heavy atom. The maximum absolute atomic E-state index is 12.1. The van der Waals surface area contributed by atoms with Gasteiger partial charge in [0.1, 0.15) is 85.5 Å². The Bertz CT molecular complexity index is 1860. The van der Waals surface area contributed by atoms with E-state index in [1.54, 1.807) is 0 Å². The van der Waals surface area contributed by atoms with E-state index in [1.807, 2.05) is 6.92 Å². The minimum atomic E-state index is -1.76. The molecule has 30 atom stereocenters. The van der Waals surface area contributed by atoms with Gasteiger partial charge in [-0.15, -0.1) is 0 Å². The molecule has 5 aliphatic heterocycles. The molecule has 13 N–H and O–H groups in total. The molecule has 0 aromatic heterocycles. The fourth-order valence-corrected chi connectivity index (χ4v) is 14.7. The molecule has 4 aliphatic carbocycles. The van der Waals surface area contributed by atoms with Crippen LogP contribution in [0.1, 0.15) is 92.4 Å². The molecule has 0 aromatic rings. The van der Waals surface area contributed by atoms with Crippen molar-refractivity contribution in [3.63, 3.8) is 0 Å². The van der Waals surface area contributed by atoms with Gasteiger partial charge in [-0.25, -0.2) is 0 Å². The third-order valence-corrected chi connectivity index (χ3v) is 19.1. The number of ether oxygens (including phenoxy) is 9. The van der Waals surface area contributed by atoms with Crippen LogP contribution in [0.3, 0.4) is 0 Å². The predicted octanol–water partition coefficient (Wildman–Crippen LogP) is -2.37. The second-order valence-corrected chi connectivity index (χ2v) is 23.4. The fraction of sp³-hybridized carbons (Fsp3) is 0.960. The summed E-state index contributed by atoms with van der Waals surface area (Å²) in [4.78, 5) is 0. The van der Waals surface area contributed by atoms with Crippen LogP contribution in [-0.4, -0.2) is 228 Å². The number of rotatable bonds is 14. The Balaban J connectivity index is 0.829. The number of hydrogen-bond acceptors (Lipinski definition) is 22. The number of allylic oxidation sites excluding steroid dienone is 1. The Morgan fingerprint density at radius 2 is 1.32 bits per heavy atom. The summed E-state index contributed by atoms with van der Waals surface area (Å²) in [5.41, 5.74) is 1.14. The zero-order valence-corrected chi connectivity index (χ0v) is 41.8. The van der Waals surface area contributed by atoms with Crippen molar-refractivity contribution in [3.8, 4) is 0 Å². The van der Waals surface area contributed by atoms with Gasteiger partial charge in [-0.05, 0) is 98.7 Å². The summed E-state index contributed by atoms with van der Waals surface area (Å²) in [5, 5.41) is 137. The maximum Gasteiger partial charge on any atom is 0.187 e. The lowest BCUT2D eigenvalue weighted by Gasteiger charge is -2.58. The topological polar surface area (TPSA) is 346 Å². The second kappa shape index (κ2) is 21.6. The van der Waals surface area contributed by atoms with Gasteiger partial charge in [0.15, 0.2) is 30.9 Å². The first-order valence-electron chi connectivity index (χ1n) is 26.3. The average molecular weight is 1040 g/mol. The van der Waals surface area contributed by atoms with E-state index in [9.17, 15) is 66.4 Å². The van der Waals surface area contributed by atoms with E-state index in [2.05, 4.69) is 26.8 Å². The van der Waals surface area contributed by atoms with E-state index >= 15 is 0 Å². The van der Waals surface area contributed by atoms with Gasteiger partial charge >= 0.3 is 0 Å². The van der Waals surface area contributed by atoms with Crippen LogP contribution in [0.15, 0.2) is 11.6 Å². The van der Waals surface area contributed by atoms with E-state index < -0.39 is 136 Å². The molecule has 0 bridgehead atoms. The van der Waals surface area contributed by atoms with Crippen LogP contribution in [0, 0.1) is 46.3 Å². The summed E-state index contributed by atoms with van der Waals surface area (Å²) in [6.45, 7) is 8.94. The molecule has 9 rings (SSSR count). The first kappa shape index (κ1) is 55.6. The summed E-state index contributed by atoms with van der Waals surface area (Å²) >= 11 is 0. The van der Waals surface area contributed by atoms with E-state index in [0.29, 0.717) is 43.4 Å². The van der Waals surface area contributed by atoms with Crippen molar-refractivity contribution in [2.75, 3.05) is 26.4 Å². The monoisotopic (exact) mass is 1030 g/mol. The lowest BCUT2D eigenvalue weighted by molar-refractivity contribution is -0.376. The second-order valence-electron chi connectivity index (χ2n) is 23.4. The van der Waals surface area contributed by atoms with Crippen molar-refractivity contribution >= 4 is 0 Å². The summed E-state index contributed by atoms with van der Waals surface area (Å²) in [6.07, 6.45) is -18.9. The summed E-state index contributed by atoms with van der Waals surface area (Å²) in [6, 6.07) is 0. The van der Waals surface area contributed by atoms with E-state index in [-0.39, 0.29) is 54.0 Å². The number of hydrogen-bond donors (Lipinski definition) is 13. The minimum absolute atomic E-state index is 0.0460. The first-order valence-corrected chi connectivity index (χ1v) is 26.3. The molecular weight excluding hydrogens is 953 g/mol. The Labute approximate surface area is 419 Å². The smallest absolute Gasteiger partial charge is 0.187 e. The number of fused-ring (bicyclic) bond motifs is 7. The molecule has 0 aromatic carbocycles. The molecule has 0 spiro atoms. The van der Waals surface area contributed by atoms with Crippen LogP contribution in [0.4, 0.5) is 0 Å². The quantitative estimate of drug-likeness (QED) is 0.0809. The van der Waals surface area contributed by atoms with Crippen LogP contribution in [0.25, 0.3) is 0 Å². The van der Waals surface area contributed by atoms with Gasteiger partial charge in [-0.3, -0.25) is 0 Å². The van der Waals surface area contributed by atoms with E-state index in [0.717, 1.165) is 32.1 Å². The van der Waals surface area contributed by atoms with E-state index in [1.165, 1.54) is 12.5 Å². The predicted molar refractivity (Wildman–Crippen MR) is 244 cm³/mol. The van der Waals surface area contributed by atoms with Crippen LogP contribution in [0.5, 0.6) is 0 Å². The molecule has 22 nitrogen and oxygen atoms in total. The SMILES string of the molecule is C[C@H](CC[C@@]1(O)O[C@H]2C[C@H]3[C@@H]4CC=C5C[C@@H](O[C@@H]6OC[C@@H](O[C@@H]7O[C@H](CO)[C@@H](O)[C@H](O)[C@H]7O)[C@H](O)[C@H]6O[C@@H]6O[C@@H](C)[C@H](O)[C@@H](O)[C@H]6O)CC[C@]5(C)[C@H]4CC[C@]3(C)[C@H]2[C@@H]1C)CO[C@@H]1O[C@H](CO)[C@@H](O)[C@H](O)[C@H]1O. The first-order chi connectivity index (χ1) is 34.0. The number of aliphatic hydroxyl groups is 13. The molecule has 0 unspecified atom stereocenters. The Morgan fingerprint density at radius 1 is 0.694 bits per heavy atom. The highest BCUT2D eigenvalue weighted by Crippen LogP contribution is 2.70. The van der Waals surface area contributed by atoms with Crippen molar-refractivity contribution < 1.29 is 109 Å². The molecule has 22 heteroatoms. The summed E-state index contributed by atoms with van der Waals surface area (Å²) in [7, 11) is 0. The van der Waals surface area contributed by atoms with Crippen LogP contribution in [0.2, 0.25) is 0 Å². The van der Waals surface area contributed by atoms with Gasteiger partial charge in [-0.1, -0.05) is 39.3 Å². The van der Waals surface area contributed by atoms with Gasteiger partial charge in [0, 0.05) is 12.3 Å². The molecule has 414 valence electrons. The molecule has 0 radical (unpaired) electrons. The van der Waals surface area contributed by atoms with Crippen molar-refractivity contribution in [2.24, 2.45) is 46.3 Å². The summed E-state index contributed by atoms with van der Waals surface area (Å²) < 4.78 is 54.2. The highest BCUT2D eigenvalue weighted by molar-refractivity contribution is 5.26. The third-order valence-electron chi connectivity index (χ3n) is 19.1. The minimum Gasteiger partial charge on any atom is -0.394 e. The molecule has 8 fully saturated rings. The van der Waals surface area contributed by atoms with Crippen molar-refractivity contribution in [2.45, 2.75) is 227 Å². The van der Waals surface area contributed by atoms with Crippen molar-refractivity contribution in [3.05, 3.63) is 11.6 Å². The molecule has 9 aliphatic rings. The highest BCUT2D eigenvalue weighted by atomic mass is 16.8. The van der Waals surface area contributed by atoms with Gasteiger partial charge < -0.3 is 109 Å². The zero-order chi connectivity index (χ0) is 51.9. The van der Waals surface area contributed by atoms with E-state index in [4.69, 9.17) is 42.6 Å². The van der Waals surface area contributed by atoms with Gasteiger partial charge in [0.2, 0.25) is 0 Å². The normalized spacial score (nSPS) is 55.1. The van der Waals surface area contributed by atoms with Crippen LogP contribution < -0.4 is 0 Å². The molecular formula is C50H82O22. The summed E-state index contributed by atoms with van der Waals surface area (Å²) in [5.74, 6) is -0.145. The van der Waals surface area contributed by atoms with Crippen molar-refractivity contribution in [1.82, 2.24) is 0 Å². The van der Waals surface area contributed by atoms with Gasteiger partial charge in [-0.2, -0.15) is 0 Å². The zero-order valence-electron chi connectivity index (χ0n) is 41.8. The molecule has 5 heterocycles. The maximum atomic E-state index is 12.1. The molecule has 5 saturated heterocycles. The Hall–Kier alpha value is -1.14. The average Bonchev–Trinajstić information content (AvgIpc) is 3.80. The largest absolute Gasteiger partial charge is 0.394 e. The van der Waals surface area contributed by atoms with Gasteiger partial charge in [0.25, 0.3) is 0 Å². The van der Waals surface area contributed by atoms with Crippen LogP contribution in [-0.2, 0) is 42.6 Å². The Kier molecular flexibility index (Phi) is 16.7. The standard InChI is InChI=1S/C50H82O22/c1-20(18-64-44-40(60)38(58)34(54)29(16-51)68-44)8-13-50(63)21(2)32-28(72-50)15-27-25-7-6-23-14-24(9-11-48(23,4)26(25)10-12-49(27,32)5)67-47-43(71-45-41(61)37(57)33(53)22(3)66-45)36(56)31(19-65-47)70-46-42(62)39(59)35(55)30(17-52)69-46/h6,20-22,24-47,51-63H,7-19H2,1-5H3/t20-,21+,22+,24+,25-,26+,27+,28+,29-,30-,31-,32+,33+,34-,35-,36+,37-,38+,39+,40-,41-,42-,43-,44-,45+,46+,47+,48+,49+,50-/m1/s1. The molecule has 3 saturated carbocycles. The third kappa shape index (κ3) is 9.91. The fourth-order valence-electron chi connectivity index (χ4n) is 14.7. The van der Waals surface area contributed by atoms with Gasteiger partial charge in [0.05, 0.1) is 44.7 Å². The highest BCUT2D eigenvalue weighted by Gasteiger charge is 2.68. The van der Waals surface area contributed by atoms with Crippen molar-refractivity contribution in [1.29, 1.82) is 0 Å².